The SMILES string of the molecule is CC(C)c1ccc(C(=O)NCCCCC(=O)N2CCC3C2C(=O)CN3S(=O)(=O)c2ccc[nH]c2=O)cc1. The number of carbonyl (C=O) groups excluding carboxylic acids is 3. The number of hydrogen-bond acceptors (Lipinski definition) is 6. The van der Waals surface area contributed by atoms with E-state index < -0.39 is 32.6 Å². The van der Waals surface area contributed by atoms with Gasteiger partial charge in [0, 0.05) is 31.3 Å². The van der Waals surface area contributed by atoms with Gasteiger partial charge in [-0.2, -0.15) is 4.31 Å². The molecule has 2 aromatic rings. The van der Waals surface area contributed by atoms with Crippen molar-refractivity contribution in [2.75, 3.05) is 19.6 Å². The van der Waals surface area contributed by atoms with E-state index in [0.29, 0.717) is 37.3 Å². The summed E-state index contributed by atoms with van der Waals surface area (Å²) in [6.07, 6.45) is 2.98. The van der Waals surface area contributed by atoms with Crippen LogP contribution < -0.4 is 10.9 Å². The number of hydrogen-bond donors (Lipinski definition) is 2. The first-order chi connectivity index (χ1) is 17.6. The quantitative estimate of drug-likeness (QED) is 0.475. The van der Waals surface area contributed by atoms with Gasteiger partial charge in [-0.1, -0.05) is 26.0 Å². The zero-order valence-corrected chi connectivity index (χ0v) is 21.8. The number of likely N-dealkylation sites (tertiary alicyclic amines) is 1. The first-order valence-corrected chi connectivity index (χ1v) is 13.9. The molecule has 1 aromatic heterocycles. The lowest BCUT2D eigenvalue weighted by molar-refractivity contribution is -0.136. The molecule has 0 radical (unpaired) electrons. The Morgan fingerprint density at radius 3 is 2.51 bits per heavy atom. The highest BCUT2D eigenvalue weighted by atomic mass is 32.2. The van der Waals surface area contributed by atoms with Crippen LogP contribution in [-0.2, 0) is 19.6 Å². The van der Waals surface area contributed by atoms with Gasteiger partial charge in [-0.3, -0.25) is 19.2 Å². The van der Waals surface area contributed by atoms with Gasteiger partial charge in [0.2, 0.25) is 15.9 Å². The number of nitrogens with one attached hydrogen (secondary N) is 2. The Hall–Kier alpha value is -3.31. The summed E-state index contributed by atoms with van der Waals surface area (Å²) in [6, 6.07) is 8.59. The summed E-state index contributed by atoms with van der Waals surface area (Å²) in [7, 11) is -4.18. The molecule has 0 spiro atoms. The van der Waals surface area contributed by atoms with Crippen molar-refractivity contribution in [3.8, 4) is 0 Å². The average molecular weight is 529 g/mol. The highest BCUT2D eigenvalue weighted by Gasteiger charge is 2.53. The van der Waals surface area contributed by atoms with E-state index >= 15 is 0 Å². The summed E-state index contributed by atoms with van der Waals surface area (Å²) in [5.74, 6) is -0.337. The molecule has 2 amide bonds. The number of unbranched alkanes of at least 4 members (excludes halogenated alkanes) is 1. The summed E-state index contributed by atoms with van der Waals surface area (Å²) >= 11 is 0. The van der Waals surface area contributed by atoms with Gasteiger partial charge in [-0.15, -0.1) is 0 Å². The zero-order valence-electron chi connectivity index (χ0n) is 21.0. The summed E-state index contributed by atoms with van der Waals surface area (Å²) in [4.78, 5) is 53.4. The molecular formula is C26H32N4O6S. The molecule has 2 fully saturated rings. The molecule has 2 aliphatic heterocycles. The van der Waals surface area contributed by atoms with Crippen molar-refractivity contribution in [1.29, 1.82) is 0 Å². The molecule has 2 atom stereocenters. The van der Waals surface area contributed by atoms with Crippen LogP contribution in [0.2, 0.25) is 0 Å². The van der Waals surface area contributed by atoms with Crippen molar-refractivity contribution >= 4 is 27.6 Å². The van der Waals surface area contributed by atoms with Crippen molar-refractivity contribution in [1.82, 2.24) is 19.5 Å². The lowest BCUT2D eigenvalue weighted by Crippen LogP contribution is -2.44. The summed E-state index contributed by atoms with van der Waals surface area (Å²) in [6.45, 7) is 4.51. The van der Waals surface area contributed by atoms with E-state index in [1.54, 1.807) is 12.1 Å². The third kappa shape index (κ3) is 5.52. The van der Waals surface area contributed by atoms with Crippen molar-refractivity contribution < 1.29 is 22.8 Å². The predicted octanol–water partition coefficient (Wildman–Crippen LogP) is 1.64. The van der Waals surface area contributed by atoms with E-state index in [0.717, 1.165) is 9.87 Å². The zero-order chi connectivity index (χ0) is 26.7. The number of sulfonamides is 1. The van der Waals surface area contributed by atoms with Gasteiger partial charge in [-0.25, -0.2) is 8.42 Å². The van der Waals surface area contributed by atoms with E-state index in [1.807, 2.05) is 12.1 Å². The summed E-state index contributed by atoms with van der Waals surface area (Å²) in [5, 5.41) is 2.86. The van der Waals surface area contributed by atoms with Gasteiger partial charge < -0.3 is 15.2 Å². The van der Waals surface area contributed by atoms with E-state index in [4.69, 9.17) is 0 Å². The van der Waals surface area contributed by atoms with Crippen molar-refractivity contribution in [2.45, 2.75) is 62.4 Å². The molecular weight excluding hydrogens is 496 g/mol. The molecule has 198 valence electrons. The molecule has 0 saturated carbocycles. The molecule has 10 nitrogen and oxygen atoms in total. The monoisotopic (exact) mass is 528 g/mol. The second-order valence-electron chi connectivity index (χ2n) is 9.76. The first-order valence-electron chi connectivity index (χ1n) is 12.5. The summed E-state index contributed by atoms with van der Waals surface area (Å²) in [5.41, 5.74) is 0.999. The number of aromatic nitrogens is 1. The number of Topliss-reactive ketones (excluding diaryl/α,β-unsaturated/α-hetero) is 1. The Morgan fingerprint density at radius 1 is 1.11 bits per heavy atom. The Kier molecular flexibility index (Phi) is 7.93. The number of nitrogens with zero attached hydrogens (tertiary/aromatic N) is 2. The van der Waals surface area contributed by atoms with Gasteiger partial charge in [0.05, 0.1) is 12.6 Å². The smallest absolute Gasteiger partial charge is 0.268 e. The number of fused-ring (bicyclic) bond motifs is 1. The number of carbonyl (C=O) groups is 3. The van der Waals surface area contributed by atoms with E-state index in [-0.39, 0.29) is 37.1 Å². The second kappa shape index (κ2) is 11.0. The standard InChI is InChI=1S/C26H32N4O6S/c1-17(2)18-8-10-19(11-9-18)25(33)27-13-4-3-7-23(32)29-15-12-20-24(29)21(31)16-30(20)37(35,36)22-6-5-14-28-26(22)34/h5-6,8-11,14,17,20,24H,3-4,7,12-13,15-16H2,1-2H3,(H,27,33)(H,28,34). The lowest BCUT2D eigenvalue weighted by Gasteiger charge is -2.24. The van der Waals surface area contributed by atoms with Gasteiger partial charge in [0.1, 0.15) is 10.9 Å². The van der Waals surface area contributed by atoms with Crippen LogP contribution in [0.4, 0.5) is 0 Å². The number of H-pyrrole nitrogens is 1. The molecule has 3 heterocycles. The minimum atomic E-state index is -4.18. The van der Waals surface area contributed by atoms with Crippen LogP contribution >= 0.6 is 0 Å². The molecule has 0 aliphatic carbocycles. The Bertz CT molecular complexity index is 1340. The van der Waals surface area contributed by atoms with E-state index in [1.165, 1.54) is 23.2 Å². The molecule has 37 heavy (non-hydrogen) atoms. The molecule has 2 N–H and O–H groups in total. The van der Waals surface area contributed by atoms with Crippen LogP contribution in [0, 0.1) is 0 Å². The number of pyridine rings is 1. The number of rotatable bonds is 9. The predicted molar refractivity (Wildman–Crippen MR) is 137 cm³/mol. The van der Waals surface area contributed by atoms with Crippen LogP contribution in [0.15, 0.2) is 52.3 Å². The fourth-order valence-electron chi connectivity index (χ4n) is 4.98. The molecule has 2 unspecified atom stereocenters. The number of aromatic amines is 1. The van der Waals surface area contributed by atoms with Crippen LogP contribution in [0.3, 0.4) is 0 Å². The number of ketones is 1. The van der Waals surface area contributed by atoms with Crippen molar-refractivity contribution in [3.63, 3.8) is 0 Å². The van der Waals surface area contributed by atoms with E-state index in [9.17, 15) is 27.6 Å². The third-order valence-electron chi connectivity index (χ3n) is 7.01. The van der Waals surface area contributed by atoms with Crippen LogP contribution in [0.25, 0.3) is 0 Å². The molecule has 2 aliphatic rings. The minimum Gasteiger partial charge on any atom is -0.352 e. The Labute approximate surface area is 216 Å². The molecule has 4 rings (SSSR count). The lowest BCUT2D eigenvalue weighted by atomic mass is 10.0. The molecule has 11 heteroatoms. The molecule has 1 aromatic carbocycles. The molecule has 0 bridgehead atoms. The number of amides is 2. The second-order valence-corrected chi connectivity index (χ2v) is 11.6. The van der Waals surface area contributed by atoms with Crippen LogP contribution in [-0.4, -0.2) is 71.9 Å². The molecule has 2 saturated heterocycles. The average Bonchev–Trinajstić information content (AvgIpc) is 3.45. The largest absolute Gasteiger partial charge is 0.352 e. The van der Waals surface area contributed by atoms with Gasteiger partial charge >= 0.3 is 0 Å². The fraction of sp³-hybridized carbons (Fsp3) is 0.462. The first kappa shape index (κ1) is 26.7. The maximum absolute atomic E-state index is 13.1. The number of benzene rings is 1. The van der Waals surface area contributed by atoms with Gasteiger partial charge in [0.25, 0.3) is 11.5 Å². The highest BCUT2D eigenvalue weighted by Crippen LogP contribution is 2.33. The van der Waals surface area contributed by atoms with Crippen molar-refractivity contribution in [2.24, 2.45) is 0 Å². The minimum absolute atomic E-state index is 0.167. The maximum atomic E-state index is 13.1. The Balaban J connectivity index is 1.27. The third-order valence-corrected chi connectivity index (χ3v) is 8.90. The maximum Gasteiger partial charge on any atom is 0.268 e. The van der Waals surface area contributed by atoms with Crippen LogP contribution in [0.1, 0.15) is 61.4 Å². The van der Waals surface area contributed by atoms with Gasteiger partial charge in [-0.05, 0) is 55.0 Å². The van der Waals surface area contributed by atoms with Crippen molar-refractivity contribution in [3.05, 3.63) is 64.1 Å². The normalized spacial score (nSPS) is 19.9. The summed E-state index contributed by atoms with van der Waals surface area (Å²) < 4.78 is 27.2. The topological polar surface area (TPSA) is 137 Å². The van der Waals surface area contributed by atoms with Crippen LogP contribution in [0.5, 0.6) is 0 Å². The highest BCUT2D eigenvalue weighted by molar-refractivity contribution is 7.89. The van der Waals surface area contributed by atoms with E-state index in [2.05, 4.69) is 24.1 Å². The Morgan fingerprint density at radius 2 is 1.84 bits per heavy atom. The van der Waals surface area contributed by atoms with Gasteiger partial charge in [0.15, 0.2) is 5.78 Å². The fourth-order valence-corrected chi connectivity index (χ4v) is 6.65.